The number of thiocarbonyl (C=S) groups is 1. The first kappa shape index (κ1) is 37.9. The summed E-state index contributed by atoms with van der Waals surface area (Å²) < 4.78 is 0. The fourth-order valence-electron chi connectivity index (χ4n) is 5.66. The van der Waals surface area contributed by atoms with Crippen LogP contribution >= 0.6 is 24.0 Å². The van der Waals surface area contributed by atoms with E-state index in [2.05, 4.69) is 5.32 Å². The van der Waals surface area contributed by atoms with E-state index in [-0.39, 0.29) is 18.2 Å². The predicted molar refractivity (Wildman–Crippen MR) is 172 cm³/mol. The van der Waals surface area contributed by atoms with E-state index < -0.39 is 80.7 Å². The van der Waals surface area contributed by atoms with Gasteiger partial charge in [0, 0.05) is 30.4 Å². The zero-order valence-corrected chi connectivity index (χ0v) is 27.0. The van der Waals surface area contributed by atoms with Gasteiger partial charge in [-0.2, -0.15) is 11.8 Å². The van der Waals surface area contributed by atoms with Gasteiger partial charge < -0.3 is 30.8 Å². The third-order valence-corrected chi connectivity index (χ3v) is 9.25. The highest BCUT2D eigenvalue weighted by Gasteiger charge is 2.38. The van der Waals surface area contributed by atoms with Gasteiger partial charge in [0.1, 0.15) is 0 Å². The Labute approximate surface area is 271 Å². The molecule has 0 aromatic heterocycles. The van der Waals surface area contributed by atoms with Crippen LogP contribution in [0.25, 0.3) is 0 Å². The number of hydrogen-bond acceptors (Lipinski definition) is 10. The first-order chi connectivity index (χ1) is 21.2. The highest BCUT2D eigenvalue weighted by Crippen LogP contribution is 2.29. The quantitative estimate of drug-likeness (QED) is 0.109. The van der Waals surface area contributed by atoms with Gasteiger partial charge >= 0.3 is 29.8 Å². The molecule has 0 saturated heterocycles. The van der Waals surface area contributed by atoms with Crippen LogP contribution in [0.1, 0.15) is 38.2 Å². The van der Waals surface area contributed by atoms with Crippen LogP contribution in [0, 0.1) is 0 Å². The number of hydrogen-bond donors (Lipinski definition) is 6. The second-order valence-corrected chi connectivity index (χ2v) is 12.7. The minimum atomic E-state index is -1.26. The number of rotatable bonds is 20. The van der Waals surface area contributed by atoms with E-state index in [1.807, 2.05) is 13.2 Å². The van der Waals surface area contributed by atoms with Crippen LogP contribution in [0.3, 0.4) is 0 Å². The molecule has 2 unspecified atom stereocenters. The maximum absolute atomic E-state index is 12.1. The molecule has 0 aliphatic heterocycles. The summed E-state index contributed by atoms with van der Waals surface area (Å²) in [6.07, 6.45) is 4.38. The summed E-state index contributed by atoms with van der Waals surface area (Å²) in [5, 5.41) is 51.3. The topological polar surface area (TPSA) is 208 Å². The molecule has 1 aromatic carbocycles. The van der Waals surface area contributed by atoms with Crippen LogP contribution in [0.15, 0.2) is 24.3 Å². The van der Waals surface area contributed by atoms with Gasteiger partial charge in [-0.3, -0.25) is 38.7 Å². The molecule has 0 bridgehead atoms. The number of carboxylic acids is 5. The Morgan fingerprint density at radius 3 is 1.69 bits per heavy atom. The van der Waals surface area contributed by atoms with Gasteiger partial charge in [0.05, 0.1) is 43.0 Å². The van der Waals surface area contributed by atoms with E-state index >= 15 is 0 Å². The number of thioether (sulfide) groups is 1. The Hall–Kier alpha value is -3.31. The molecule has 0 spiro atoms. The van der Waals surface area contributed by atoms with E-state index in [0.717, 1.165) is 11.3 Å². The minimum Gasteiger partial charge on any atom is -0.480 e. The van der Waals surface area contributed by atoms with Crippen molar-refractivity contribution in [3.8, 4) is 0 Å². The molecule has 0 amide bonds. The van der Waals surface area contributed by atoms with Crippen LogP contribution in [0.2, 0.25) is 0 Å². The maximum Gasteiger partial charge on any atom is 0.317 e. The van der Waals surface area contributed by atoms with Gasteiger partial charge in [0.25, 0.3) is 0 Å². The second-order valence-electron chi connectivity index (χ2n) is 11.0. The van der Waals surface area contributed by atoms with Gasteiger partial charge in [-0.1, -0.05) is 37.2 Å². The van der Waals surface area contributed by atoms with Crippen molar-refractivity contribution in [1.82, 2.24) is 14.7 Å². The molecule has 250 valence electrons. The Morgan fingerprint density at radius 1 is 0.800 bits per heavy atom. The molecule has 45 heavy (non-hydrogen) atoms. The molecule has 4 atom stereocenters. The number of benzene rings is 1. The third kappa shape index (κ3) is 13.3. The molecular formula is C29H42N4O10S2. The smallest absolute Gasteiger partial charge is 0.317 e. The van der Waals surface area contributed by atoms with E-state index in [1.165, 1.54) is 9.80 Å². The number of nitrogens with zero attached hydrogens (tertiary/aromatic N) is 3. The van der Waals surface area contributed by atoms with Crippen molar-refractivity contribution in [3.63, 3.8) is 0 Å². The van der Waals surface area contributed by atoms with Crippen LogP contribution < -0.4 is 5.32 Å². The summed E-state index contributed by atoms with van der Waals surface area (Å²) in [6, 6.07) is 5.25. The average Bonchev–Trinajstić information content (AvgIpc) is 2.95. The molecule has 1 fully saturated rings. The average molecular weight is 671 g/mol. The molecule has 0 radical (unpaired) electrons. The van der Waals surface area contributed by atoms with E-state index in [0.29, 0.717) is 30.7 Å². The number of carbonyl (C=O) groups is 5. The van der Waals surface area contributed by atoms with E-state index in [4.69, 9.17) is 12.2 Å². The fraction of sp³-hybridized carbons (Fsp3) is 0.586. The van der Waals surface area contributed by atoms with Crippen LogP contribution in [-0.4, -0.2) is 144 Å². The fourth-order valence-corrected chi connectivity index (χ4v) is 6.34. The lowest BCUT2D eigenvalue weighted by atomic mass is 9.87. The second kappa shape index (κ2) is 18.6. The molecule has 6 N–H and O–H groups in total. The molecule has 1 aliphatic carbocycles. The van der Waals surface area contributed by atoms with Crippen molar-refractivity contribution in [2.75, 3.05) is 50.8 Å². The molecule has 14 nitrogen and oxygen atoms in total. The lowest BCUT2D eigenvalue weighted by Gasteiger charge is -2.45. The van der Waals surface area contributed by atoms with Crippen molar-refractivity contribution in [3.05, 3.63) is 29.8 Å². The van der Waals surface area contributed by atoms with Gasteiger partial charge in [0.15, 0.2) is 0 Å². The Kier molecular flexibility index (Phi) is 15.7. The number of carboxylic acid groups (broad SMARTS) is 5. The van der Waals surface area contributed by atoms with Gasteiger partial charge in [-0.25, -0.2) is 0 Å². The molecule has 16 heteroatoms. The summed E-state index contributed by atoms with van der Waals surface area (Å²) in [7, 11) is 0. The zero-order valence-electron chi connectivity index (χ0n) is 25.3. The van der Waals surface area contributed by atoms with Gasteiger partial charge in [-0.15, -0.1) is 0 Å². The number of aliphatic carboxylic acids is 5. The lowest BCUT2D eigenvalue weighted by Crippen LogP contribution is -2.59. The Morgan fingerprint density at radius 2 is 1.24 bits per heavy atom. The van der Waals surface area contributed by atoms with Crippen molar-refractivity contribution in [1.29, 1.82) is 0 Å². The Bertz CT molecular complexity index is 1170. The van der Waals surface area contributed by atoms with Crippen molar-refractivity contribution < 1.29 is 49.5 Å². The van der Waals surface area contributed by atoms with Crippen LogP contribution in [0.5, 0.6) is 0 Å². The van der Waals surface area contributed by atoms with Crippen molar-refractivity contribution >= 4 is 64.5 Å². The summed E-state index contributed by atoms with van der Waals surface area (Å²) in [5.74, 6) is -6.15. The SMILES string of the molecule is CSC(C)C(=S)Nc1ccc(C[C@H](CN(CC(=O)O)C2CCCC[C@@H]2N(CC(=O)O)CC(=O)O)N(CC(=O)O)CC(=O)O)cc1. The summed E-state index contributed by atoms with van der Waals surface area (Å²) >= 11 is 7.01. The summed E-state index contributed by atoms with van der Waals surface area (Å²) in [6.45, 7) is -0.915. The third-order valence-electron chi connectivity index (χ3n) is 7.70. The maximum atomic E-state index is 12.1. The predicted octanol–water partition coefficient (Wildman–Crippen LogP) is 1.73. The van der Waals surface area contributed by atoms with Crippen LogP contribution in [-0.2, 0) is 30.4 Å². The van der Waals surface area contributed by atoms with Gasteiger partial charge in [0.2, 0.25) is 0 Å². The summed E-state index contributed by atoms with van der Waals surface area (Å²) in [5.41, 5.74) is 1.48. The van der Waals surface area contributed by atoms with E-state index in [9.17, 15) is 49.5 Å². The molecule has 1 aliphatic rings. The lowest BCUT2D eigenvalue weighted by molar-refractivity contribution is -0.146. The molecule has 1 saturated carbocycles. The van der Waals surface area contributed by atoms with Crippen molar-refractivity contribution in [2.24, 2.45) is 0 Å². The highest BCUT2D eigenvalue weighted by atomic mass is 32.2. The molecule has 0 heterocycles. The summed E-state index contributed by atoms with van der Waals surface area (Å²) in [4.78, 5) is 63.8. The van der Waals surface area contributed by atoms with Crippen LogP contribution in [0.4, 0.5) is 5.69 Å². The normalized spacial score (nSPS) is 18.0. The van der Waals surface area contributed by atoms with Crippen molar-refractivity contribution in [2.45, 2.75) is 62.4 Å². The van der Waals surface area contributed by atoms with Gasteiger partial charge in [-0.05, 0) is 50.1 Å². The zero-order chi connectivity index (χ0) is 33.7. The minimum absolute atomic E-state index is 0.0582. The number of anilines is 1. The van der Waals surface area contributed by atoms with E-state index in [1.54, 1.807) is 40.9 Å². The first-order valence-electron chi connectivity index (χ1n) is 14.4. The standard InChI is InChI=1S/C29H42N4O10S2/c1-18(45-2)29(44)30-20-9-7-19(8-10-20)11-21(31(13-24(34)35)14-25(36)37)12-32(15-26(38)39)22-5-3-4-6-23(22)33(16-27(40)41)17-28(42)43/h7-10,18,21-23H,3-6,11-17H2,1-2H3,(H,30,44)(H,34,35)(H,36,37)(H,38,39)(H,40,41)(H,42,43)/t18?,21-,22?,23+/m1/s1. The first-order valence-corrected chi connectivity index (χ1v) is 16.1. The molecule has 2 rings (SSSR count). The monoisotopic (exact) mass is 670 g/mol. The molecule has 1 aromatic rings. The largest absolute Gasteiger partial charge is 0.480 e. The Balaban J connectivity index is 2.48. The highest BCUT2D eigenvalue weighted by molar-refractivity contribution is 8.01. The molecular weight excluding hydrogens is 628 g/mol. The number of nitrogens with one attached hydrogen (secondary N) is 1.